The Balaban J connectivity index is 1.43. The van der Waals surface area contributed by atoms with E-state index < -0.39 is 0 Å². The first-order valence-electron chi connectivity index (χ1n) is 7.45. The van der Waals surface area contributed by atoms with E-state index in [0.29, 0.717) is 12.8 Å². The van der Waals surface area contributed by atoms with E-state index in [2.05, 4.69) is 20.4 Å². The number of carbonyl (C=O) groups is 1. The summed E-state index contributed by atoms with van der Waals surface area (Å²) in [7, 11) is 0. The number of fused-ring (bicyclic) bond motifs is 2. The van der Waals surface area contributed by atoms with Crippen molar-refractivity contribution in [3.63, 3.8) is 0 Å². The largest absolute Gasteiger partial charge is 0.342 e. The molecule has 4 aromatic rings. The Labute approximate surface area is 132 Å². The highest BCUT2D eigenvalue weighted by molar-refractivity contribution is 5.86. The second-order valence-corrected chi connectivity index (χ2v) is 5.34. The Morgan fingerprint density at radius 1 is 1.09 bits per heavy atom. The lowest BCUT2D eigenvalue weighted by atomic mass is 10.3. The molecule has 114 valence electrons. The minimum Gasteiger partial charge on any atom is -0.342 e. The Morgan fingerprint density at radius 3 is 2.74 bits per heavy atom. The van der Waals surface area contributed by atoms with Crippen LogP contribution in [0.5, 0.6) is 0 Å². The average Bonchev–Trinajstić information content (AvgIpc) is 3.17. The van der Waals surface area contributed by atoms with Crippen molar-refractivity contribution in [2.24, 2.45) is 0 Å². The van der Waals surface area contributed by atoms with Crippen LogP contribution in [0, 0.1) is 0 Å². The smallest absolute Gasteiger partial charge is 0.239 e. The van der Waals surface area contributed by atoms with Crippen molar-refractivity contribution >= 4 is 28.0 Å². The third-order valence-corrected chi connectivity index (χ3v) is 3.73. The molecule has 0 unspecified atom stereocenters. The number of hydrogen-bond donors (Lipinski definition) is 2. The SMILES string of the molecule is O=C(CCc1nc2ccccc2[nH]1)Nn1cnc2ccccc21. The third kappa shape index (κ3) is 2.66. The zero-order valence-electron chi connectivity index (χ0n) is 12.4. The second kappa shape index (κ2) is 5.57. The van der Waals surface area contributed by atoms with Gasteiger partial charge in [0.1, 0.15) is 12.2 Å². The first-order chi connectivity index (χ1) is 11.3. The number of imidazole rings is 2. The fourth-order valence-corrected chi connectivity index (χ4v) is 2.59. The molecular formula is C17H15N5O. The van der Waals surface area contributed by atoms with Gasteiger partial charge in [-0.1, -0.05) is 24.3 Å². The van der Waals surface area contributed by atoms with Crippen LogP contribution in [-0.2, 0) is 11.2 Å². The molecule has 2 aromatic carbocycles. The highest BCUT2D eigenvalue weighted by atomic mass is 16.2. The maximum Gasteiger partial charge on any atom is 0.239 e. The van der Waals surface area contributed by atoms with Crippen molar-refractivity contribution in [2.45, 2.75) is 12.8 Å². The molecule has 0 saturated carbocycles. The van der Waals surface area contributed by atoms with E-state index in [4.69, 9.17) is 0 Å². The number of benzene rings is 2. The van der Waals surface area contributed by atoms with Gasteiger partial charge in [0.25, 0.3) is 0 Å². The second-order valence-electron chi connectivity index (χ2n) is 5.34. The van der Waals surface area contributed by atoms with E-state index in [9.17, 15) is 4.79 Å². The zero-order chi connectivity index (χ0) is 15.6. The predicted molar refractivity (Wildman–Crippen MR) is 88.5 cm³/mol. The number of aryl methyl sites for hydroxylation is 1. The van der Waals surface area contributed by atoms with Crippen LogP contribution in [-0.4, -0.2) is 25.5 Å². The lowest BCUT2D eigenvalue weighted by molar-refractivity contribution is -0.117. The van der Waals surface area contributed by atoms with Crippen LogP contribution in [0.15, 0.2) is 54.9 Å². The van der Waals surface area contributed by atoms with Crippen LogP contribution >= 0.6 is 0 Å². The molecule has 0 aliphatic rings. The molecule has 0 radical (unpaired) electrons. The number of amides is 1. The van der Waals surface area contributed by atoms with Gasteiger partial charge in [0, 0.05) is 12.8 Å². The maximum absolute atomic E-state index is 12.1. The van der Waals surface area contributed by atoms with Crippen molar-refractivity contribution in [3.05, 3.63) is 60.7 Å². The van der Waals surface area contributed by atoms with Crippen LogP contribution in [0.1, 0.15) is 12.2 Å². The van der Waals surface area contributed by atoms with Gasteiger partial charge >= 0.3 is 0 Å². The van der Waals surface area contributed by atoms with E-state index in [-0.39, 0.29) is 5.91 Å². The maximum atomic E-state index is 12.1. The molecule has 2 heterocycles. The fraction of sp³-hybridized carbons (Fsp3) is 0.118. The Morgan fingerprint density at radius 2 is 1.87 bits per heavy atom. The van der Waals surface area contributed by atoms with E-state index in [1.54, 1.807) is 11.0 Å². The van der Waals surface area contributed by atoms with E-state index in [1.165, 1.54) is 0 Å². The minimum atomic E-state index is -0.0754. The van der Waals surface area contributed by atoms with Gasteiger partial charge in [0.15, 0.2) is 0 Å². The van der Waals surface area contributed by atoms with Gasteiger partial charge in [-0.15, -0.1) is 0 Å². The van der Waals surface area contributed by atoms with Crippen LogP contribution in [0.3, 0.4) is 0 Å². The molecule has 4 rings (SSSR count). The van der Waals surface area contributed by atoms with Gasteiger partial charge in [0.05, 0.1) is 22.1 Å². The number of nitrogens with one attached hydrogen (secondary N) is 2. The van der Waals surface area contributed by atoms with Gasteiger partial charge in [-0.25, -0.2) is 14.6 Å². The van der Waals surface area contributed by atoms with Crippen LogP contribution in [0.25, 0.3) is 22.1 Å². The summed E-state index contributed by atoms with van der Waals surface area (Å²) < 4.78 is 1.65. The van der Waals surface area contributed by atoms with Gasteiger partial charge in [-0.3, -0.25) is 10.2 Å². The topological polar surface area (TPSA) is 75.6 Å². The molecule has 2 N–H and O–H groups in total. The summed E-state index contributed by atoms with van der Waals surface area (Å²) in [5.41, 5.74) is 6.48. The summed E-state index contributed by atoms with van der Waals surface area (Å²) in [4.78, 5) is 24.1. The molecule has 0 bridgehead atoms. The average molecular weight is 305 g/mol. The fourth-order valence-electron chi connectivity index (χ4n) is 2.59. The van der Waals surface area contributed by atoms with Crippen molar-refractivity contribution in [1.82, 2.24) is 19.6 Å². The van der Waals surface area contributed by atoms with Gasteiger partial charge in [0.2, 0.25) is 5.91 Å². The molecule has 2 aromatic heterocycles. The summed E-state index contributed by atoms with van der Waals surface area (Å²) in [6.07, 6.45) is 2.53. The van der Waals surface area contributed by atoms with E-state index >= 15 is 0 Å². The normalized spacial score (nSPS) is 11.1. The van der Waals surface area contributed by atoms with Gasteiger partial charge < -0.3 is 4.98 Å². The summed E-state index contributed by atoms with van der Waals surface area (Å²) in [5.74, 6) is 0.741. The lowest BCUT2D eigenvalue weighted by Crippen LogP contribution is -2.22. The Hall–Kier alpha value is -3.15. The summed E-state index contributed by atoms with van der Waals surface area (Å²) in [6.45, 7) is 0. The molecule has 0 spiro atoms. The molecule has 0 fully saturated rings. The predicted octanol–water partition coefficient (Wildman–Crippen LogP) is 2.62. The summed E-state index contributed by atoms with van der Waals surface area (Å²) >= 11 is 0. The van der Waals surface area contributed by atoms with Crippen LogP contribution < -0.4 is 5.43 Å². The van der Waals surface area contributed by atoms with E-state index in [0.717, 1.165) is 27.9 Å². The lowest BCUT2D eigenvalue weighted by Gasteiger charge is -2.06. The first-order valence-corrected chi connectivity index (χ1v) is 7.45. The highest BCUT2D eigenvalue weighted by Crippen LogP contribution is 2.12. The van der Waals surface area contributed by atoms with Gasteiger partial charge in [-0.2, -0.15) is 0 Å². The third-order valence-electron chi connectivity index (χ3n) is 3.73. The van der Waals surface area contributed by atoms with Crippen molar-refractivity contribution in [3.8, 4) is 0 Å². The summed E-state index contributed by atoms with van der Waals surface area (Å²) in [5, 5.41) is 0. The monoisotopic (exact) mass is 305 g/mol. The zero-order valence-corrected chi connectivity index (χ0v) is 12.4. The number of rotatable bonds is 4. The van der Waals surface area contributed by atoms with Crippen molar-refractivity contribution in [1.29, 1.82) is 0 Å². The Kier molecular flexibility index (Phi) is 3.27. The number of aromatic nitrogens is 4. The molecular weight excluding hydrogens is 290 g/mol. The quantitative estimate of drug-likeness (QED) is 0.608. The summed E-state index contributed by atoms with van der Waals surface area (Å²) in [6, 6.07) is 15.5. The molecule has 6 heteroatoms. The van der Waals surface area contributed by atoms with Gasteiger partial charge in [-0.05, 0) is 24.3 Å². The molecule has 23 heavy (non-hydrogen) atoms. The number of para-hydroxylation sites is 4. The van der Waals surface area contributed by atoms with Crippen molar-refractivity contribution < 1.29 is 4.79 Å². The number of carbonyl (C=O) groups excluding carboxylic acids is 1. The molecule has 0 atom stereocenters. The Bertz CT molecular complexity index is 952. The van der Waals surface area contributed by atoms with E-state index in [1.807, 2.05) is 48.5 Å². The van der Waals surface area contributed by atoms with Crippen LogP contribution in [0.2, 0.25) is 0 Å². The van der Waals surface area contributed by atoms with Crippen LogP contribution in [0.4, 0.5) is 0 Å². The standard InChI is InChI=1S/C17H15N5O/c23-17(21-22-11-18-14-7-3-4-8-15(14)22)10-9-16-19-12-5-1-2-6-13(12)20-16/h1-8,11H,9-10H2,(H,19,20)(H,21,23). The number of aromatic amines is 1. The molecule has 1 amide bonds. The molecule has 0 saturated heterocycles. The highest BCUT2D eigenvalue weighted by Gasteiger charge is 2.08. The minimum absolute atomic E-state index is 0.0754. The molecule has 6 nitrogen and oxygen atoms in total. The molecule has 0 aliphatic heterocycles. The number of H-pyrrole nitrogens is 1. The number of hydrogen-bond acceptors (Lipinski definition) is 3. The molecule has 0 aliphatic carbocycles. The van der Waals surface area contributed by atoms with Crippen molar-refractivity contribution in [2.75, 3.05) is 5.43 Å². The number of nitrogens with zero attached hydrogens (tertiary/aromatic N) is 3. The first kappa shape index (κ1) is 13.5.